The lowest BCUT2D eigenvalue weighted by Crippen LogP contribution is -2.34. The summed E-state index contributed by atoms with van der Waals surface area (Å²) in [4.78, 5) is 19.8. The number of aryl methyl sites for hydroxylation is 1. The van der Waals surface area contributed by atoms with Crippen molar-refractivity contribution in [3.8, 4) is 0 Å². The summed E-state index contributed by atoms with van der Waals surface area (Å²) in [5, 5.41) is 1.92. The normalized spacial score (nSPS) is 10.8. The first-order valence-electron chi connectivity index (χ1n) is 8.55. The fraction of sp³-hybridized carbons (Fsp3) is 0.300. The Bertz CT molecular complexity index is 842. The molecule has 2 heterocycles. The van der Waals surface area contributed by atoms with Crippen molar-refractivity contribution >= 4 is 17.2 Å². The zero-order valence-corrected chi connectivity index (χ0v) is 15.9. The van der Waals surface area contributed by atoms with Crippen LogP contribution in [0.15, 0.2) is 54.2 Å². The van der Waals surface area contributed by atoms with Crippen LogP contribution in [-0.2, 0) is 17.8 Å². The van der Waals surface area contributed by atoms with Crippen LogP contribution in [0.5, 0.6) is 0 Å². The van der Waals surface area contributed by atoms with E-state index in [1.165, 1.54) is 22.5 Å². The molecule has 0 fully saturated rings. The van der Waals surface area contributed by atoms with Gasteiger partial charge in [0, 0.05) is 32.6 Å². The second kappa shape index (κ2) is 8.78. The Kier molecular flexibility index (Phi) is 6.20. The Morgan fingerprint density at radius 1 is 1.27 bits per heavy atom. The summed E-state index contributed by atoms with van der Waals surface area (Å²) in [5.74, 6) is 0.886. The number of thiophene rings is 1. The Morgan fingerprint density at radius 3 is 2.85 bits per heavy atom. The van der Waals surface area contributed by atoms with Gasteiger partial charge in [-0.2, -0.15) is 0 Å². The van der Waals surface area contributed by atoms with E-state index in [9.17, 15) is 4.79 Å². The number of benzene rings is 1. The van der Waals surface area contributed by atoms with Crippen molar-refractivity contribution < 1.29 is 9.53 Å². The first-order valence-corrected chi connectivity index (χ1v) is 9.43. The molecule has 0 aliphatic rings. The molecule has 1 amide bonds. The van der Waals surface area contributed by atoms with Crippen LogP contribution < -0.4 is 0 Å². The van der Waals surface area contributed by atoms with Crippen LogP contribution in [0.25, 0.3) is 0 Å². The van der Waals surface area contributed by atoms with Crippen LogP contribution >= 0.6 is 11.3 Å². The van der Waals surface area contributed by atoms with Gasteiger partial charge in [-0.1, -0.05) is 30.3 Å². The quantitative estimate of drug-likeness (QED) is 0.610. The Hall–Kier alpha value is -2.44. The first kappa shape index (κ1) is 18.4. The number of carbonyl (C=O) groups excluding carboxylic acids is 1. The molecule has 3 aromatic rings. The maximum absolute atomic E-state index is 12.8. The van der Waals surface area contributed by atoms with Gasteiger partial charge < -0.3 is 14.2 Å². The van der Waals surface area contributed by atoms with Crippen LogP contribution in [0, 0.1) is 6.92 Å². The molecule has 2 aromatic heterocycles. The summed E-state index contributed by atoms with van der Waals surface area (Å²) < 4.78 is 7.28. The zero-order chi connectivity index (χ0) is 18.4. The molecular formula is C20H23N3O2S. The monoisotopic (exact) mass is 369 g/mol. The minimum Gasteiger partial charge on any atom is -0.383 e. The minimum atomic E-state index is 0.0162. The van der Waals surface area contributed by atoms with E-state index in [-0.39, 0.29) is 5.91 Å². The van der Waals surface area contributed by atoms with E-state index in [0.717, 1.165) is 17.2 Å². The van der Waals surface area contributed by atoms with Crippen LogP contribution in [0.1, 0.15) is 26.6 Å². The summed E-state index contributed by atoms with van der Waals surface area (Å²) in [5.41, 5.74) is 2.50. The summed E-state index contributed by atoms with van der Waals surface area (Å²) >= 11 is 1.45. The predicted octanol–water partition coefficient (Wildman–Crippen LogP) is 3.59. The third kappa shape index (κ3) is 4.39. The number of hydrogen-bond donors (Lipinski definition) is 0. The molecule has 0 radical (unpaired) electrons. The Morgan fingerprint density at radius 2 is 2.12 bits per heavy atom. The summed E-state index contributed by atoms with van der Waals surface area (Å²) in [6.07, 6.45) is 3.75. The van der Waals surface area contributed by atoms with Crippen LogP contribution in [0.4, 0.5) is 0 Å². The molecule has 6 heteroatoms. The highest BCUT2D eigenvalue weighted by atomic mass is 32.1. The molecule has 3 rings (SSSR count). The Labute approximate surface area is 157 Å². The predicted molar refractivity (Wildman–Crippen MR) is 103 cm³/mol. The number of rotatable bonds is 8. The van der Waals surface area contributed by atoms with Crippen molar-refractivity contribution in [2.75, 3.05) is 20.3 Å². The lowest BCUT2D eigenvalue weighted by Gasteiger charge is -2.22. The van der Waals surface area contributed by atoms with E-state index < -0.39 is 0 Å². The molecule has 0 saturated carbocycles. The number of ether oxygens (including phenoxy) is 1. The van der Waals surface area contributed by atoms with Gasteiger partial charge in [-0.25, -0.2) is 4.98 Å². The second-order valence-electron chi connectivity index (χ2n) is 6.09. The molecular weight excluding hydrogens is 346 g/mol. The van der Waals surface area contributed by atoms with Crippen LogP contribution in [-0.4, -0.2) is 40.6 Å². The molecule has 1 aromatic carbocycles. The SMILES string of the molecule is COCCN(Cc1nccn1Cc1ccccc1C)C(=O)c1cccs1. The summed E-state index contributed by atoms with van der Waals surface area (Å²) in [6.45, 7) is 4.34. The van der Waals surface area contributed by atoms with E-state index in [1.807, 2.05) is 35.8 Å². The van der Waals surface area contributed by atoms with Crippen LogP contribution in [0.3, 0.4) is 0 Å². The number of nitrogens with zero attached hydrogens (tertiary/aromatic N) is 3. The molecule has 0 N–H and O–H groups in total. The molecule has 0 unspecified atom stereocenters. The summed E-state index contributed by atoms with van der Waals surface area (Å²) in [7, 11) is 1.65. The molecule has 5 nitrogen and oxygen atoms in total. The van der Waals surface area contributed by atoms with E-state index in [1.54, 1.807) is 18.2 Å². The van der Waals surface area contributed by atoms with Gasteiger partial charge in [-0.05, 0) is 29.5 Å². The maximum atomic E-state index is 12.8. The van der Waals surface area contributed by atoms with Crippen molar-refractivity contribution in [2.24, 2.45) is 0 Å². The molecule has 0 bridgehead atoms. The number of aromatic nitrogens is 2. The van der Waals surface area contributed by atoms with Gasteiger partial charge >= 0.3 is 0 Å². The van der Waals surface area contributed by atoms with Gasteiger partial charge in [0.25, 0.3) is 5.91 Å². The maximum Gasteiger partial charge on any atom is 0.264 e. The van der Waals surface area contributed by atoms with Crippen molar-refractivity contribution in [3.05, 3.63) is 76.0 Å². The minimum absolute atomic E-state index is 0.0162. The fourth-order valence-corrected chi connectivity index (χ4v) is 3.48. The molecule has 136 valence electrons. The number of methoxy groups -OCH3 is 1. The van der Waals surface area contributed by atoms with E-state index in [4.69, 9.17) is 4.74 Å². The first-order chi connectivity index (χ1) is 12.7. The zero-order valence-electron chi connectivity index (χ0n) is 15.1. The van der Waals surface area contributed by atoms with Crippen molar-refractivity contribution in [2.45, 2.75) is 20.0 Å². The number of amides is 1. The lowest BCUT2D eigenvalue weighted by molar-refractivity contribution is 0.0678. The molecule has 0 aliphatic heterocycles. The highest BCUT2D eigenvalue weighted by Crippen LogP contribution is 2.16. The van der Waals surface area contributed by atoms with E-state index in [0.29, 0.717) is 19.7 Å². The van der Waals surface area contributed by atoms with E-state index in [2.05, 4.69) is 28.6 Å². The number of hydrogen-bond acceptors (Lipinski definition) is 4. The standard InChI is InChI=1S/C20H23N3O2S/c1-16-6-3-4-7-17(16)14-22-10-9-21-19(22)15-23(11-12-25-2)20(24)18-8-5-13-26-18/h3-10,13H,11-12,14-15H2,1-2H3. The molecule has 26 heavy (non-hydrogen) atoms. The van der Waals surface area contributed by atoms with Gasteiger partial charge in [0.05, 0.1) is 18.0 Å². The van der Waals surface area contributed by atoms with Crippen molar-refractivity contribution in [1.82, 2.24) is 14.5 Å². The average molecular weight is 369 g/mol. The van der Waals surface area contributed by atoms with Crippen molar-refractivity contribution in [3.63, 3.8) is 0 Å². The molecule has 0 atom stereocenters. The molecule has 0 saturated heterocycles. The van der Waals surface area contributed by atoms with Crippen LogP contribution in [0.2, 0.25) is 0 Å². The highest BCUT2D eigenvalue weighted by Gasteiger charge is 2.19. The summed E-state index contributed by atoms with van der Waals surface area (Å²) in [6, 6.07) is 12.1. The average Bonchev–Trinajstić information content (AvgIpc) is 3.32. The second-order valence-corrected chi connectivity index (χ2v) is 7.04. The van der Waals surface area contributed by atoms with Gasteiger partial charge in [-0.15, -0.1) is 11.3 Å². The smallest absolute Gasteiger partial charge is 0.264 e. The lowest BCUT2D eigenvalue weighted by atomic mass is 10.1. The third-order valence-corrected chi connectivity index (χ3v) is 5.18. The third-order valence-electron chi connectivity index (χ3n) is 4.32. The van der Waals surface area contributed by atoms with Gasteiger partial charge in [0.15, 0.2) is 0 Å². The number of imidazole rings is 1. The van der Waals surface area contributed by atoms with Gasteiger partial charge in [0.1, 0.15) is 5.82 Å². The highest BCUT2D eigenvalue weighted by molar-refractivity contribution is 7.12. The topological polar surface area (TPSA) is 47.4 Å². The van der Waals surface area contributed by atoms with E-state index >= 15 is 0 Å². The largest absolute Gasteiger partial charge is 0.383 e. The molecule has 0 spiro atoms. The van der Waals surface area contributed by atoms with Gasteiger partial charge in [-0.3, -0.25) is 4.79 Å². The molecule has 0 aliphatic carbocycles. The number of carbonyl (C=O) groups is 1. The Balaban J connectivity index is 1.78. The van der Waals surface area contributed by atoms with Gasteiger partial charge in [0.2, 0.25) is 0 Å². The van der Waals surface area contributed by atoms with Crippen molar-refractivity contribution in [1.29, 1.82) is 0 Å². The fourth-order valence-electron chi connectivity index (χ4n) is 2.79.